The molecule has 0 fully saturated rings. The predicted octanol–water partition coefficient (Wildman–Crippen LogP) is 4.50. The number of halogens is 1. The summed E-state index contributed by atoms with van der Waals surface area (Å²) in [6, 6.07) is 12.8. The Balaban J connectivity index is 2.11. The highest BCUT2D eigenvalue weighted by Gasteiger charge is 2.19. The van der Waals surface area contributed by atoms with Crippen molar-refractivity contribution in [2.45, 2.75) is 19.9 Å². The average Bonchev–Trinajstić information content (AvgIpc) is 2.86. The molecule has 0 aliphatic heterocycles. The third-order valence-electron chi connectivity index (χ3n) is 3.82. The Morgan fingerprint density at radius 3 is 2.62 bits per heavy atom. The van der Waals surface area contributed by atoms with Gasteiger partial charge >= 0.3 is 0 Å². The first-order valence-electron chi connectivity index (χ1n) is 7.02. The summed E-state index contributed by atoms with van der Waals surface area (Å²) in [6.45, 7) is 4.16. The molecule has 3 aromatic rings. The van der Waals surface area contributed by atoms with E-state index in [1.807, 2.05) is 13.1 Å². The highest BCUT2D eigenvalue weighted by atomic mass is 19.1. The summed E-state index contributed by atoms with van der Waals surface area (Å²) in [6.07, 6.45) is 0. The van der Waals surface area contributed by atoms with Crippen LogP contribution in [0.2, 0.25) is 0 Å². The monoisotopic (exact) mass is 283 g/mol. The summed E-state index contributed by atoms with van der Waals surface area (Å²) in [5.41, 5.74) is 4.29. The van der Waals surface area contributed by atoms with Gasteiger partial charge in [-0.1, -0.05) is 23.8 Å². The summed E-state index contributed by atoms with van der Waals surface area (Å²) < 4.78 is 19.2. The molecule has 0 radical (unpaired) electrons. The normalized spacial score (nSPS) is 12.8. The van der Waals surface area contributed by atoms with E-state index in [2.05, 4.69) is 37.4 Å². The Morgan fingerprint density at radius 1 is 1.05 bits per heavy atom. The van der Waals surface area contributed by atoms with Crippen LogP contribution in [0.3, 0.4) is 0 Å². The molecular formula is C18H18FNO. The molecule has 1 N–H and O–H groups in total. The van der Waals surface area contributed by atoms with Crippen LogP contribution in [-0.4, -0.2) is 7.05 Å². The summed E-state index contributed by atoms with van der Waals surface area (Å²) in [7, 11) is 1.90. The van der Waals surface area contributed by atoms with E-state index in [1.165, 1.54) is 28.8 Å². The highest BCUT2D eigenvalue weighted by molar-refractivity contribution is 5.78. The first kappa shape index (κ1) is 13.8. The Hall–Kier alpha value is -2.13. The summed E-state index contributed by atoms with van der Waals surface area (Å²) in [5, 5.41) is 4.08. The van der Waals surface area contributed by atoms with E-state index in [0.29, 0.717) is 5.58 Å². The quantitative estimate of drug-likeness (QED) is 0.765. The zero-order chi connectivity index (χ0) is 15.0. The topological polar surface area (TPSA) is 25.2 Å². The van der Waals surface area contributed by atoms with Gasteiger partial charge in [0.15, 0.2) is 0 Å². The van der Waals surface area contributed by atoms with Gasteiger partial charge in [-0.25, -0.2) is 4.39 Å². The molecule has 3 heteroatoms. The predicted molar refractivity (Wildman–Crippen MR) is 83.0 cm³/mol. The number of fused-ring (bicyclic) bond motifs is 1. The zero-order valence-electron chi connectivity index (χ0n) is 12.4. The Labute approximate surface area is 123 Å². The number of benzene rings is 2. The third-order valence-corrected chi connectivity index (χ3v) is 3.82. The fourth-order valence-electron chi connectivity index (χ4n) is 2.70. The van der Waals surface area contributed by atoms with Gasteiger partial charge in [0.25, 0.3) is 0 Å². The van der Waals surface area contributed by atoms with Crippen molar-refractivity contribution in [3.63, 3.8) is 0 Å². The second kappa shape index (κ2) is 5.34. The maximum Gasteiger partial charge on any atom is 0.134 e. The van der Waals surface area contributed by atoms with Crippen molar-refractivity contribution in [2.75, 3.05) is 7.05 Å². The molecule has 0 bridgehead atoms. The van der Waals surface area contributed by atoms with Crippen LogP contribution in [0.25, 0.3) is 11.0 Å². The SMILES string of the molecule is CNC(c1cc2cc(F)ccc2o1)c1cc(C)ccc1C. The lowest BCUT2D eigenvalue weighted by atomic mass is 9.97. The lowest BCUT2D eigenvalue weighted by molar-refractivity contribution is 0.490. The van der Waals surface area contributed by atoms with E-state index in [9.17, 15) is 4.39 Å². The fraction of sp³-hybridized carbons (Fsp3) is 0.222. The lowest BCUT2D eigenvalue weighted by Gasteiger charge is -2.17. The molecule has 2 aromatic carbocycles. The molecule has 0 aliphatic rings. The molecule has 108 valence electrons. The number of aryl methyl sites for hydroxylation is 2. The molecule has 0 saturated heterocycles. The number of nitrogens with one attached hydrogen (secondary N) is 1. The van der Waals surface area contributed by atoms with Crippen LogP contribution in [0.15, 0.2) is 46.9 Å². The largest absolute Gasteiger partial charge is 0.459 e. The van der Waals surface area contributed by atoms with Gasteiger partial charge in [-0.2, -0.15) is 0 Å². The zero-order valence-corrected chi connectivity index (χ0v) is 12.4. The first-order chi connectivity index (χ1) is 10.1. The smallest absolute Gasteiger partial charge is 0.134 e. The Morgan fingerprint density at radius 2 is 1.86 bits per heavy atom. The van der Waals surface area contributed by atoms with Gasteiger partial charge in [0.2, 0.25) is 0 Å². The lowest BCUT2D eigenvalue weighted by Crippen LogP contribution is -2.18. The second-order valence-corrected chi connectivity index (χ2v) is 5.41. The standard InChI is InChI=1S/C18H18FNO/c1-11-4-5-12(2)15(8-11)18(20-3)17-10-13-9-14(19)6-7-16(13)21-17/h4-10,18,20H,1-3H3. The van der Waals surface area contributed by atoms with Gasteiger partial charge in [0.05, 0.1) is 6.04 Å². The molecule has 2 nitrogen and oxygen atoms in total. The average molecular weight is 283 g/mol. The number of furan rings is 1. The first-order valence-corrected chi connectivity index (χ1v) is 7.02. The molecule has 21 heavy (non-hydrogen) atoms. The van der Waals surface area contributed by atoms with Crippen LogP contribution in [-0.2, 0) is 0 Å². The van der Waals surface area contributed by atoms with E-state index >= 15 is 0 Å². The molecular weight excluding hydrogens is 265 g/mol. The van der Waals surface area contributed by atoms with E-state index in [4.69, 9.17) is 4.42 Å². The van der Waals surface area contributed by atoms with Crippen LogP contribution in [0.1, 0.15) is 28.5 Å². The van der Waals surface area contributed by atoms with Crippen LogP contribution < -0.4 is 5.32 Å². The maximum absolute atomic E-state index is 13.3. The summed E-state index contributed by atoms with van der Waals surface area (Å²) in [4.78, 5) is 0. The molecule has 0 spiro atoms. The van der Waals surface area contributed by atoms with Crippen molar-refractivity contribution in [3.05, 3.63) is 70.7 Å². The van der Waals surface area contributed by atoms with Crippen LogP contribution >= 0.6 is 0 Å². The van der Waals surface area contributed by atoms with E-state index in [-0.39, 0.29) is 11.9 Å². The van der Waals surface area contributed by atoms with Gasteiger partial charge in [-0.15, -0.1) is 0 Å². The minimum atomic E-state index is -0.248. The van der Waals surface area contributed by atoms with Crippen molar-refractivity contribution >= 4 is 11.0 Å². The van der Waals surface area contributed by atoms with Gasteiger partial charge in [-0.3, -0.25) is 0 Å². The van der Waals surface area contributed by atoms with Crippen molar-refractivity contribution in [1.29, 1.82) is 0 Å². The number of rotatable bonds is 3. The van der Waals surface area contributed by atoms with Crippen molar-refractivity contribution in [2.24, 2.45) is 0 Å². The fourth-order valence-corrected chi connectivity index (χ4v) is 2.70. The van der Waals surface area contributed by atoms with E-state index < -0.39 is 0 Å². The highest BCUT2D eigenvalue weighted by Crippen LogP contribution is 2.30. The van der Waals surface area contributed by atoms with Gasteiger partial charge in [0, 0.05) is 5.39 Å². The molecule has 1 unspecified atom stereocenters. The molecule has 0 aliphatic carbocycles. The molecule has 0 saturated carbocycles. The minimum absolute atomic E-state index is 0.0413. The maximum atomic E-state index is 13.3. The Kier molecular flexibility index (Phi) is 3.52. The van der Waals surface area contributed by atoms with Gasteiger partial charge in [-0.05, 0) is 56.3 Å². The second-order valence-electron chi connectivity index (χ2n) is 5.41. The van der Waals surface area contributed by atoms with Crippen molar-refractivity contribution < 1.29 is 8.81 Å². The molecule has 1 heterocycles. The summed E-state index contributed by atoms with van der Waals surface area (Å²) in [5.74, 6) is 0.550. The third kappa shape index (κ3) is 2.57. The number of hydrogen-bond acceptors (Lipinski definition) is 2. The van der Waals surface area contributed by atoms with E-state index in [0.717, 1.165) is 11.1 Å². The van der Waals surface area contributed by atoms with Crippen molar-refractivity contribution in [3.8, 4) is 0 Å². The minimum Gasteiger partial charge on any atom is -0.459 e. The van der Waals surface area contributed by atoms with Gasteiger partial charge in [0.1, 0.15) is 17.2 Å². The Bertz CT molecular complexity index is 791. The molecule has 1 aromatic heterocycles. The molecule has 1 atom stereocenters. The van der Waals surface area contributed by atoms with E-state index in [1.54, 1.807) is 6.07 Å². The summed E-state index contributed by atoms with van der Waals surface area (Å²) >= 11 is 0. The van der Waals surface area contributed by atoms with Crippen LogP contribution in [0, 0.1) is 19.7 Å². The molecule has 3 rings (SSSR count). The van der Waals surface area contributed by atoms with Gasteiger partial charge < -0.3 is 9.73 Å². The van der Waals surface area contributed by atoms with Crippen molar-refractivity contribution in [1.82, 2.24) is 5.32 Å². The number of hydrogen-bond donors (Lipinski definition) is 1. The van der Waals surface area contributed by atoms with Crippen LogP contribution in [0.5, 0.6) is 0 Å². The molecule has 0 amide bonds. The van der Waals surface area contributed by atoms with Crippen LogP contribution in [0.4, 0.5) is 4.39 Å².